The number of amides is 1. The molecule has 1 amide bonds. The normalized spacial score (nSPS) is 19.7. The van der Waals surface area contributed by atoms with E-state index < -0.39 is 0 Å². The Morgan fingerprint density at radius 2 is 2.00 bits per heavy atom. The van der Waals surface area contributed by atoms with E-state index >= 15 is 0 Å². The van der Waals surface area contributed by atoms with Gasteiger partial charge in [-0.2, -0.15) is 11.8 Å². The first-order valence-electron chi connectivity index (χ1n) is 6.68. The molecule has 0 radical (unpaired) electrons. The minimum Gasteiger partial charge on any atom is -0.352 e. The number of carbonyl (C=O) groups excluding carboxylic acids is 1. The van der Waals surface area contributed by atoms with Crippen molar-refractivity contribution in [3.05, 3.63) is 0 Å². The van der Waals surface area contributed by atoms with Gasteiger partial charge in [0, 0.05) is 24.3 Å². The standard InChI is InChI=1S/C13H26N2OS.ClH/c1-10(9-17-2)13(16)15-12(8-14)11-6-4-3-5-7-11;/h10-12H,3-9,14H2,1-2H3,(H,15,16);1H. The average molecular weight is 295 g/mol. The third-order valence-corrected chi connectivity index (χ3v) is 4.50. The monoisotopic (exact) mass is 294 g/mol. The van der Waals surface area contributed by atoms with Crippen LogP contribution in [0, 0.1) is 11.8 Å². The molecule has 3 nitrogen and oxygen atoms in total. The number of halogens is 1. The largest absolute Gasteiger partial charge is 0.352 e. The van der Waals surface area contributed by atoms with Crippen molar-refractivity contribution in [3.8, 4) is 0 Å². The first-order valence-corrected chi connectivity index (χ1v) is 8.07. The highest BCUT2D eigenvalue weighted by Crippen LogP contribution is 2.26. The van der Waals surface area contributed by atoms with E-state index in [-0.39, 0.29) is 30.3 Å². The van der Waals surface area contributed by atoms with E-state index in [0.717, 1.165) is 5.75 Å². The zero-order valence-corrected chi connectivity index (χ0v) is 13.1. The van der Waals surface area contributed by atoms with Gasteiger partial charge in [0.1, 0.15) is 0 Å². The molecule has 2 unspecified atom stereocenters. The minimum absolute atomic E-state index is 0. The SMILES string of the molecule is CSCC(C)C(=O)NC(CN)C1CCCCC1.Cl. The molecule has 2 atom stereocenters. The van der Waals surface area contributed by atoms with Crippen LogP contribution in [0.3, 0.4) is 0 Å². The quantitative estimate of drug-likeness (QED) is 0.791. The maximum absolute atomic E-state index is 12.0. The van der Waals surface area contributed by atoms with Crippen molar-refractivity contribution >= 4 is 30.1 Å². The number of hydrogen-bond acceptors (Lipinski definition) is 3. The maximum atomic E-state index is 12.0. The van der Waals surface area contributed by atoms with Crippen LogP contribution in [0.25, 0.3) is 0 Å². The zero-order chi connectivity index (χ0) is 12.7. The summed E-state index contributed by atoms with van der Waals surface area (Å²) in [6, 6.07) is 0.187. The van der Waals surface area contributed by atoms with Crippen molar-refractivity contribution in [1.82, 2.24) is 5.32 Å². The Labute approximate surface area is 121 Å². The van der Waals surface area contributed by atoms with E-state index in [9.17, 15) is 4.79 Å². The fourth-order valence-corrected chi connectivity index (χ4v) is 3.21. The lowest BCUT2D eigenvalue weighted by Gasteiger charge is -2.30. The van der Waals surface area contributed by atoms with Crippen molar-refractivity contribution in [2.75, 3.05) is 18.6 Å². The van der Waals surface area contributed by atoms with Gasteiger partial charge in [0.15, 0.2) is 0 Å². The van der Waals surface area contributed by atoms with Crippen LogP contribution in [0.1, 0.15) is 39.0 Å². The molecule has 18 heavy (non-hydrogen) atoms. The van der Waals surface area contributed by atoms with Crippen LogP contribution in [0.2, 0.25) is 0 Å². The summed E-state index contributed by atoms with van der Waals surface area (Å²) >= 11 is 1.72. The number of nitrogens with one attached hydrogen (secondary N) is 1. The number of hydrogen-bond donors (Lipinski definition) is 2. The van der Waals surface area contributed by atoms with Gasteiger partial charge >= 0.3 is 0 Å². The van der Waals surface area contributed by atoms with Gasteiger partial charge in [-0.05, 0) is 25.0 Å². The summed E-state index contributed by atoms with van der Waals surface area (Å²) in [6.07, 6.45) is 8.39. The molecule has 0 aromatic carbocycles. The molecule has 1 fully saturated rings. The fourth-order valence-electron chi connectivity index (χ4n) is 2.56. The molecule has 1 rings (SSSR count). The molecular weight excluding hydrogens is 268 g/mol. The molecule has 3 N–H and O–H groups in total. The van der Waals surface area contributed by atoms with E-state index in [1.165, 1.54) is 32.1 Å². The molecule has 0 spiro atoms. The van der Waals surface area contributed by atoms with Crippen molar-refractivity contribution in [2.45, 2.75) is 45.1 Å². The first-order chi connectivity index (χ1) is 8.19. The van der Waals surface area contributed by atoms with Crippen LogP contribution in [-0.2, 0) is 4.79 Å². The van der Waals surface area contributed by atoms with E-state index in [1.54, 1.807) is 11.8 Å². The van der Waals surface area contributed by atoms with Crippen molar-refractivity contribution in [1.29, 1.82) is 0 Å². The number of nitrogens with two attached hydrogens (primary N) is 1. The maximum Gasteiger partial charge on any atom is 0.223 e. The van der Waals surface area contributed by atoms with Crippen molar-refractivity contribution < 1.29 is 4.79 Å². The molecule has 1 aliphatic rings. The third-order valence-electron chi connectivity index (χ3n) is 3.66. The Hall–Kier alpha value is 0.0700. The van der Waals surface area contributed by atoms with Gasteiger partial charge in [-0.3, -0.25) is 4.79 Å². The van der Waals surface area contributed by atoms with E-state index in [2.05, 4.69) is 5.32 Å². The lowest BCUT2D eigenvalue weighted by molar-refractivity contribution is -0.125. The van der Waals surface area contributed by atoms with Gasteiger partial charge in [-0.1, -0.05) is 26.2 Å². The summed E-state index contributed by atoms with van der Waals surface area (Å²) in [4.78, 5) is 12.0. The van der Waals surface area contributed by atoms with Crippen LogP contribution in [0.15, 0.2) is 0 Å². The molecule has 0 aliphatic heterocycles. The second kappa shape index (κ2) is 9.93. The van der Waals surface area contributed by atoms with Gasteiger partial charge in [0.25, 0.3) is 0 Å². The second-order valence-corrected chi connectivity index (χ2v) is 6.02. The second-order valence-electron chi connectivity index (χ2n) is 5.11. The molecule has 0 heterocycles. The summed E-state index contributed by atoms with van der Waals surface area (Å²) in [7, 11) is 0. The lowest BCUT2D eigenvalue weighted by atomic mass is 9.83. The van der Waals surface area contributed by atoms with Crippen LogP contribution < -0.4 is 11.1 Å². The smallest absolute Gasteiger partial charge is 0.223 e. The number of thioether (sulfide) groups is 1. The summed E-state index contributed by atoms with van der Waals surface area (Å²) in [5, 5.41) is 3.14. The Bertz CT molecular complexity index is 235. The molecule has 0 bridgehead atoms. The van der Waals surface area contributed by atoms with E-state index in [1.807, 2.05) is 13.2 Å². The molecule has 5 heteroatoms. The Balaban J connectivity index is 0.00000289. The summed E-state index contributed by atoms with van der Waals surface area (Å²) in [6.45, 7) is 2.56. The molecule has 0 aromatic rings. The minimum atomic E-state index is 0. The molecule has 0 aromatic heterocycles. The highest BCUT2D eigenvalue weighted by atomic mass is 35.5. The fraction of sp³-hybridized carbons (Fsp3) is 0.923. The highest BCUT2D eigenvalue weighted by molar-refractivity contribution is 7.98. The average Bonchev–Trinajstić information content (AvgIpc) is 2.37. The lowest BCUT2D eigenvalue weighted by Crippen LogP contribution is -2.47. The number of carbonyl (C=O) groups is 1. The molecular formula is C13H27ClN2OS. The van der Waals surface area contributed by atoms with Crippen molar-refractivity contribution in [2.24, 2.45) is 17.6 Å². The van der Waals surface area contributed by atoms with E-state index in [4.69, 9.17) is 5.73 Å². The Morgan fingerprint density at radius 1 is 1.39 bits per heavy atom. The molecule has 108 valence electrons. The van der Waals surface area contributed by atoms with Crippen molar-refractivity contribution in [3.63, 3.8) is 0 Å². The molecule has 1 aliphatic carbocycles. The predicted molar refractivity (Wildman–Crippen MR) is 82.4 cm³/mol. The number of rotatable bonds is 6. The van der Waals surface area contributed by atoms with Gasteiger partial charge in [0.05, 0.1) is 0 Å². The van der Waals surface area contributed by atoms with Crippen LogP contribution in [0.4, 0.5) is 0 Å². The highest BCUT2D eigenvalue weighted by Gasteiger charge is 2.25. The zero-order valence-electron chi connectivity index (χ0n) is 11.5. The van der Waals surface area contributed by atoms with E-state index in [0.29, 0.717) is 12.5 Å². The molecule has 0 saturated heterocycles. The Morgan fingerprint density at radius 3 is 2.50 bits per heavy atom. The van der Waals surface area contributed by atoms with Gasteiger partial charge in [0.2, 0.25) is 5.91 Å². The van der Waals surface area contributed by atoms with Crippen LogP contribution >= 0.6 is 24.2 Å². The molecule has 1 saturated carbocycles. The Kier molecular flexibility index (Phi) is 9.97. The van der Waals surface area contributed by atoms with Crippen LogP contribution in [-0.4, -0.2) is 30.5 Å². The van der Waals surface area contributed by atoms with Gasteiger partial charge in [-0.25, -0.2) is 0 Å². The van der Waals surface area contributed by atoms with Crippen LogP contribution in [0.5, 0.6) is 0 Å². The summed E-state index contributed by atoms with van der Waals surface area (Å²) in [5.74, 6) is 1.73. The topological polar surface area (TPSA) is 55.1 Å². The summed E-state index contributed by atoms with van der Waals surface area (Å²) in [5.41, 5.74) is 5.81. The van der Waals surface area contributed by atoms with Gasteiger partial charge in [-0.15, -0.1) is 12.4 Å². The third kappa shape index (κ3) is 5.81. The van der Waals surface area contributed by atoms with Gasteiger partial charge < -0.3 is 11.1 Å². The predicted octanol–water partition coefficient (Wildman–Crippen LogP) is 2.43. The summed E-state index contributed by atoms with van der Waals surface area (Å²) < 4.78 is 0. The first kappa shape index (κ1) is 18.1.